The van der Waals surface area contributed by atoms with Crippen LogP contribution >= 0.6 is 0 Å². The lowest BCUT2D eigenvalue weighted by molar-refractivity contribution is -0.0452. The second-order valence-electron chi connectivity index (χ2n) is 4.08. The molecule has 1 aromatic heterocycles. The maximum Gasteiger partial charge on any atom is 0.0889 e. The van der Waals surface area contributed by atoms with E-state index in [2.05, 4.69) is 4.98 Å². The number of nitrogen functional groups attached to an aromatic ring is 1. The lowest BCUT2D eigenvalue weighted by atomic mass is 10.1. The second kappa shape index (κ2) is 5.82. The molecule has 16 heavy (non-hydrogen) atoms. The number of anilines is 1. The molecule has 0 aliphatic carbocycles. The molecule has 1 fully saturated rings. The Morgan fingerprint density at radius 1 is 1.50 bits per heavy atom. The van der Waals surface area contributed by atoms with E-state index in [-0.39, 0.29) is 6.10 Å². The summed E-state index contributed by atoms with van der Waals surface area (Å²) < 4.78 is 11.1. The van der Waals surface area contributed by atoms with E-state index in [1.807, 2.05) is 6.07 Å². The van der Waals surface area contributed by atoms with Crippen LogP contribution < -0.4 is 5.73 Å². The molecule has 0 aromatic carbocycles. The minimum absolute atomic E-state index is 0.259. The minimum Gasteiger partial charge on any atom is -0.399 e. The number of aromatic nitrogens is 1. The third-order valence-electron chi connectivity index (χ3n) is 2.67. The van der Waals surface area contributed by atoms with Crippen LogP contribution in [0.15, 0.2) is 18.3 Å². The highest BCUT2D eigenvalue weighted by atomic mass is 16.5. The zero-order chi connectivity index (χ0) is 11.2. The molecular weight excluding hydrogens is 204 g/mol. The Balaban J connectivity index is 1.71. The third-order valence-corrected chi connectivity index (χ3v) is 2.67. The molecule has 1 aromatic rings. The molecule has 0 saturated carbocycles. The van der Waals surface area contributed by atoms with Gasteiger partial charge in [0.2, 0.25) is 0 Å². The maximum absolute atomic E-state index is 5.65. The van der Waals surface area contributed by atoms with Crippen molar-refractivity contribution in [2.24, 2.45) is 0 Å². The van der Waals surface area contributed by atoms with E-state index in [1.54, 1.807) is 12.3 Å². The Morgan fingerprint density at radius 2 is 2.44 bits per heavy atom. The molecule has 1 aliphatic rings. The van der Waals surface area contributed by atoms with Crippen molar-refractivity contribution < 1.29 is 9.47 Å². The summed E-state index contributed by atoms with van der Waals surface area (Å²) >= 11 is 0. The van der Waals surface area contributed by atoms with Gasteiger partial charge < -0.3 is 15.2 Å². The van der Waals surface area contributed by atoms with Gasteiger partial charge in [-0.05, 0) is 31.4 Å². The van der Waals surface area contributed by atoms with Crippen LogP contribution in [0.3, 0.4) is 0 Å². The summed E-state index contributed by atoms with van der Waals surface area (Å²) in [7, 11) is 0. The van der Waals surface area contributed by atoms with Crippen LogP contribution in [0, 0.1) is 0 Å². The Hall–Kier alpha value is -1.13. The van der Waals surface area contributed by atoms with Gasteiger partial charge in [0, 0.05) is 18.5 Å². The van der Waals surface area contributed by atoms with Crippen LogP contribution in [-0.2, 0) is 16.1 Å². The fourth-order valence-electron chi connectivity index (χ4n) is 1.81. The fraction of sp³-hybridized carbons (Fsp3) is 0.583. The van der Waals surface area contributed by atoms with E-state index in [1.165, 1.54) is 12.8 Å². The highest BCUT2D eigenvalue weighted by molar-refractivity contribution is 5.36. The van der Waals surface area contributed by atoms with Crippen LogP contribution in [0.1, 0.15) is 25.0 Å². The Labute approximate surface area is 95.8 Å². The van der Waals surface area contributed by atoms with Crippen molar-refractivity contribution in [1.29, 1.82) is 0 Å². The van der Waals surface area contributed by atoms with Gasteiger partial charge in [-0.2, -0.15) is 0 Å². The molecule has 0 radical (unpaired) electrons. The highest BCUT2D eigenvalue weighted by Gasteiger charge is 2.13. The van der Waals surface area contributed by atoms with Gasteiger partial charge in [-0.15, -0.1) is 0 Å². The fourth-order valence-corrected chi connectivity index (χ4v) is 1.81. The van der Waals surface area contributed by atoms with Gasteiger partial charge in [0.15, 0.2) is 0 Å². The Morgan fingerprint density at radius 3 is 3.19 bits per heavy atom. The molecule has 1 aliphatic heterocycles. The van der Waals surface area contributed by atoms with Gasteiger partial charge in [0.1, 0.15) is 0 Å². The largest absolute Gasteiger partial charge is 0.399 e. The molecule has 2 N–H and O–H groups in total. The molecule has 2 rings (SSSR count). The van der Waals surface area contributed by atoms with E-state index < -0.39 is 0 Å². The van der Waals surface area contributed by atoms with Crippen molar-refractivity contribution in [3.05, 3.63) is 24.0 Å². The summed E-state index contributed by atoms with van der Waals surface area (Å²) in [5.74, 6) is 0. The van der Waals surface area contributed by atoms with Crippen molar-refractivity contribution >= 4 is 5.69 Å². The number of pyridine rings is 1. The van der Waals surface area contributed by atoms with Gasteiger partial charge >= 0.3 is 0 Å². The average molecular weight is 222 g/mol. The van der Waals surface area contributed by atoms with Gasteiger partial charge in [-0.25, -0.2) is 0 Å². The van der Waals surface area contributed by atoms with Crippen LogP contribution in [0.2, 0.25) is 0 Å². The second-order valence-corrected chi connectivity index (χ2v) is 4.08. The summed E-state index contributed by atoms with van der Waals surface area (Å²) in [6.45, 7) is 2.02. The predicted molar refractivity (Wildman–Crippen MR) is 61.9 cm³/mol. The first-order valence-corrected chi connectivity index (χ1v) is 5.74. The minimum atomic E-state index is 0.259. The summed E-state index contributed by atoms with van der Waals surface area (Å²) in [6, 6.07) is 3.61. The zero-order valence-corrected chi connectivity index (χ0v) is 9.39. The van der Waals surface area contributed by atoms with Crippen molar-refractivity contribution in [2.75, 3.05) is 18.9 Å². The first kappa shape index (κ1) is 11.4. The van der Waals surface area contributed by atoms with E-state index in [0.29, 0.717) is 13.2 Å². The van der Waals surface area contributed by atoms with Crippen molar-refractivity contribution in [1.82, 2.24) is 4.98 Å². The quantitative estimate of drug-likeness (QED) is 0.843. The molecule has 1 atom stereocenters. The third kappa shape index (κ3) is 3.47. The first-order chi connectivity index (χ1) is 7.84. The van der Waals surface area contributed by atoms with Crippen LogP contribution in [0.25, 0.3) is 0 Å². The van der Waals surface area contributed by atoms with Gasteiger partial charge in [0.25, 0.3) is 0 Å². The van der Waals surface area contributed by atoms with Crippen molar-refractivity contribution in [3.8, 4) is 0 Å². The molecule has 4 nitrogen and oxygen atoms in total. The van der Waals surface area contributed by atoms with Crippen LogP contribution in [0.5, 0.6) is 0 Å². The SMILES string of the molecule is Nc1ccnc(COCC2CCCCO2)c1. The molecule has 0 spiro atoms. The number of nitrogens with two attached hydrogens (primary N) is 1. The first-order valence-electron chi connectivity index (χ1n) is 5.74. The van der Waals surface area contributed by atoms with Crippen LogP contribution in [0.4, 0.5) is 5.69 Å². The normalized spacial score (nSPS) is 20.9. The molecular formula is C12H18N2O2. The highest BCUT2D eigenvalue weighted by Crippen LogP contribution is 2.13. The number of nitrogens with zero attached hydrogens (tertiary/aromatic N) is 1. The molecule has 88 valence electrons. The summed E-state index contributed by atoms with van der Waals surface area (Å²) in [6.07, 6.45) is 5.47. The number of hydrogen-bond donors (Lipinski definition) is 1. The predicted octanol–water partition coefficient (Wildman–Crippen LogP) is 1.75. The average Bonchev–Trinajstić information content (AvgIpc) is 2.30. The summed E-state index contributed by atoms with van der Waals surface area (Å²) in [5, 5.41) is 0. The smallest absolute Gasteiger partial charge is 0.0889 e. The van der Waals surface area contributed by atoms with E-state index in [0.717, 1.165) is 24.4 Å². The zero-order valence-electron chi connectivity index (χ0n) is 9.39. The summed E-state index contributed by atoms with van der Waals surface area (Å²) in [4.78, 5) is 4.18. The molecule has 4 heteroatoms. The van der Waals surface area contributed by atoms with E-state index in [9.17, 15) is 0 Å². The molecule has 1 unspecified atom stereocenters. The Bertz CT molecular complexity index is 325. The maximum atomic E-state index is 5.65. The molecule has 0 bridgehead atoms. The molecule has 0 amide bonds. The number of rotatable bonds is 4. The van der Waals surface area contributed by atoms with Gasteiger partial charge in [-0.1, -0.05) is 0 Å². The topological polar surface area (TPSA) is 57.4 Å². The number of ether oxygens (including phenoxy) is 2. The lowest BCUT2D eigenvalue weighted by Crippen LogP contribution is -2.24. The molecule has 2 heterocycles. The van der Waals surface area contributed by atoms with Crippen molar-refractivity contribution in [2.45, 2.75) is 32.0 Å². The van der Waals surface area contributed by atoms with E-state index in [4.69, 9.17) is 15.2 Å². The number of hydrogen-bond acceptors (Lipinski definition) is 4. The van der Waals surface area contributed by atoms with Crippen molar-refractivity contribution in [3.63, 3.8) is 0 Å². The van der Waals surface area contributed by atoms with E-state index >= 15 is 0 Å². The van der Waals surface area contributed by atoms with Crippen LogP contribution in [-0.4, -0.2) is 24.3 Å². The van der Waals surface area contributed by atoms with Gasteiger partial charge in [0.05, 0.1) is 25.0 Å². The monoisotopic (exact) mass is 222 g/mol. The Kier molecular flexibility index (Phi) is 4.13. The summed E-state index contributed by atoms with van der Waals surface area (Å²) in [5.41, 5.74) is 7.25. The van der Waals surface area contributed by atoms with Gasteiger partial charge in [-0.3, -0.25) is 4.98 Å². The standard InChI is InChI=1S/C12H18N2O2/c13-10-4-5-14-11(7-10)8-15-9-12-3-1-2-6-16-12/h4-5,7,12H,1-3,6,8-9H2,(H2,13,14). The lowest BCUT2D eigenvalue weighted by Gasteiger charge is -2.22. The molecule has 1 saturated heterocycles.